The van der Waals surface area contributed by atoms with Crippen molar-refractivity contribution < 1.29 is 21.6 Å². The average molecular weight is 238 g/mol. The van der Waals surface area contributed by atoms with E-state index in [0.717, 1.165) is 12.1 Å². The van der Waals surface area contributed by atoms with Gasteiger partial charge < -0.3 is 0 Å². The molecule has 1 aromatic rings. The van der Waals surface area contributed by atoms with Crippen LogP contribution in [0.15, 0.2) is 23.1 Å². The molecule has 2 nitrogen and oxygen atoms in total. The van der Waals surface area contributed by atoms with Crippen molar-refractivity contribution in [3.05, 3.63) is 29.3 Å². The first-order valence-electron chi connectivity index (χ1n) is 4.04. The van der Waals surface area contributed by atoms with Crippen LogP contribution in [0, 0.1) is 13.8 Å². The first kappa shape index (κ1) is 12.0. The van der Waals surface area contributed by atoms with E-state index in [4.69, 9.17) is 0 Å². The number of rotatable bonds is 1. The van der Waals surface area contributed by atoms with Crippen LogP contribution >= 0.6 is 0 Å². The summed E-state index contributed by atoms with van der Waals surface area (Å²) in [5.74, 6) is 0. The van der Waals surface area contributed by atoms with Gasteiger partial charge in [0.2, 0.25) is 0 Å². The molecule has 0 amide bonds. The van der Waals surface area contributed by atoms with Crippen molar-refractivity contribution in [2.75, 3.05) is 0 Å². The van der Waals surface area contributed by atoms with E-state index in [9.17, 15) is 21.6 Å². The van der Waals surface area contributed by atoms with Gasteiger partial charge >= 0.3 is 5.51 Å². The van der Waals surface area contributed by atoms with Crippen LogP contribution < -0.4 is 0 Å². The topological polar surface area (TPSA) is 34.1 Å². The zero-order valence-corrected chi connectivity index (χ0v) is 8.91. The van der Waals surface area contributed by atoms with Crippen molar-refractivity contribution in [1.29, 1.82) is 0 Å². The van der Waals surface area contributed by atoms with E-state index >= 15 is 0 Å². The summed E-state index contributed by atoms with van der Waals surface area (Å²) in [6.45, 7) is 3.09. The van der Waals surface area contributed by atoms with Gasteiger partial charge in [-0.25, -0.2) is 8.42 Å². The molecular formula is C9H9F3O2S. The van der Waals surface area contributed by atoms with Crippen molar-refractivity contribution in [3.8, 4) is 0 Å². The summed E-state index contributed by atoms with van der Waals surface area (Å²) in [6, 6.07) is 3.63. The molecule has 0 aliphatic rings. The third kappa shape index (κ3) is 2.31. The Kier molecular flexibility index (Phi) is 2.82. The molecule has 0 aliphatic carbocycles. The van der Waals surface area contributed by atoms with E-state index in [0.29, 0.717) is 11.1 Å². The molecule has 0 saturated heterocycles. The molecule has 0 bridgehead atoms. The van der Waals surface area contributed by atoms with Gasteiger partial charge in [0.05, 0.1) is 4.90 Å². The lowest BCUT2D eigenvalue weighted by atomic mass is 10.2. The van der Waals surface area contributed by atoms with E-state index in [2.05, 4.69) is 0 Å². The maximum atomic E-state index is 12.2. The number of sulfone groups is 1. The minimum absolute atomic E-state index is 0.484. The second-order valence-corrected chi connectivity index (χ2v) is 5.21. The van der Waals surface area contributed by atoms with Gasteiger partial charge in [-0.15, -0.1) is 0 Å². The number of halogens is 3. The van der Waals surface area contributed by atoms with Crippen molar-refractivity contribution in [2.45, 2.75) is 24.3 Å². The lowest BCUT2D eigenvalue weighted by Gasteiger charge is -2.09. The minimum Gasteiger partial charge on any atom is -0.214 e. The summed E-state index contributed by atoms with van der Waals surface area (Å²) in [4.78, 5) is -0.701. The Balaban J connectivity index is 3.41. The van der Waals surface area contributed by atoms with Crippen LogP contribution in [0.25, 0.3) is 0 Å². The molecule has 0 unspecified atom stereocenters. The third-order valence-electron chi connectivity index (χ3n) is 1.81. The van der Waals surface area contributed by atoms with Crippen LogP contribution in [0.1, 0.15) is 11.1 Å². The van der Waals surface area contributed by atoms with Crippen LogP contribution in [-0.2, 0) is 9.84 Å². The fourth-order valence-electron chi connectivity index (χ4n) is 1.22. The third-order valence-corrected chi connectivity index (χ3v) is 3.28. The Morgan fingerprint density at radius 2 is 1.40 bits per heavy atom. The molecule has 0 N–H and O–H groups in total. The van der Waals surface area contributed by atoms with Crippen LogP contribution in [0.5, 0.6) is 0 Å². The Bertz CT molecular complexity index is 454. The molecule has 84 valence electrons. The minimum atomic E-state index is -5.24. The molecule has 0 saturated carbocycles. The largest absolute Gasteiger partial charge is 0.501 e. The van der Waals surface area contributed by atoms with E-state index in [1.165, 1.54) is 0 Å². The number of benzene rings is 1. The molecule has 0 aromatic heterocycles. The molecule has 6 heteroatoms. The molecule has 15 heavy (non-hydrogen) atoms. The van der Waals surface area contributed by atoms with Crippen LogP contribution in [0.3, 0.4) is 0 Å². The quantitative estimate of drug-likeness (QED) is 0.753. The Morgan fingerprint density at radius 1 is 1.00 bits per heavy atom. The smallest absolute Gasteiger partial charge is 0.214 e. The second kappa shape index (κ2) is 3.52. The van der Waals surface area contributed by atoms with E-state index < -0.39 is 20.2 Å². The SMILES string of the molecule is Cc1cc(C)cc(S(=O)(=O)C(F)(F)F)c1. The van der Waals surface area contributed by atoms with Gasteiger partial charge in [0.25, 0.3) is 9.84 Å². The van der Waals surface area contributed by atoms with Crippen molar-refractivity contribution in [3.63, 3.8) is 0 Å². The normalized spacial score (nSPS) is 12.9. The van der Waals surface area contributed by atoms with Crippen molar-refractivity contribution in [2.24, 2.45) is 0 Å². The van der Waals surface area contributed by atoms with Gasteiger partial charge in [-0.1, -0.05) is 6.07 Å². The van der Waals surface area contributed by atoms with Crippen LogP contribution in [0.4, 0.5) is 13.2 Å². The molecule has 1 rings (SSSR count). The van der Waals surface area contributed by atoms with Crippen molar-refractivity contribution >= 4 is 9.84 Å². The molecule has 0 fully saturated rings. The van der Waals surface area contributed by atoms with Gasteiger partial charge in [0, 0.05) is 0 Å². The van der Waals surface area contributed by atoms with Gasteiger partial charge in [0.15, 0.2) is 0 Å². The van der Waals surface area contributed by atoms with Gasteiger partial charge in [-0.3, -0.25) is 0 Å². The summed E-state index contributed by atoms with van der Waals surface area (Å²) in [6.07, 6.45) is 0. The van der Waals surface area contributed by atoms with E-state index in [-0.39, 0.29) is 0 Å². The van der Waals surface area contributed by atoms with Gasteiger partial charge in [-0.05, 0) is 37.1 Å². The number of hydrogen-bond acceptors (Lipinski definition) is 2. The first-order valence-corrected chi connectivity index (χ1v) is 5.52. The monoisotopic (exact) mass is 238 g/mol. The Hall–Kier alpha value is -1.04. The molecule has 0 atom stereocenters. The number of alkyl halides is 3. The highest BCUT2D eigenvalue weighted by Gasteiger charge is 2.46. The summed E-state index contributed by atoms with van der Waals surface area (Å²) in [7, 11) is -5.22. The number of hydrogen-bond donors (Lipinski definition) is 0. The second-order valence-electron chi connectivity index (χ2n) is 3.27. The highest BCUT2D eigenvalue weighted by atomic mass is 32.2. The molecule has 0 spiro atoms. The molecular weight excluding hydrogens is 229 g/mol. The zero-order chi connectivity index (χ0) is 11.9. The summed E-state index contributed by atoms with van der Waals surface area (Å²) in [5.41, 5.74) is -4.27. The van der Waals surface area contributed by atoms with E-state index in [1.807, 2.05) is 0 Å². The summed E-state index contributed by atoms with van der Waals surface area (Å²) in [5, 5.41) is 0. The van der Waals surface area contributed by atoms with Crippen molar-refractivity contribution in [1.82, 2.24) is 0 Å². The first-order chi connectivity index (χ1) is 6.64. The average Bonchev–Trinajstić information content (AvgIpc) is 1.99. The van der Waals surface area contributed by atoms with Crippen LogP contribution in [-0.4, -0.2) is 13.9 Å². The Morgan fingerprint density at radius 3 is 1.73 bits per heavy atom. The maximum Gasteiger partial charge on any atom is 0.501 e. The molecule has 1 aromatic carbocycles. The van der Waals surface area contributed by atoms with Crippen LogP contribution in [0.2, 0.25) is 0 Å². The van der Waals surface area contributed by atoms with Gasteiger partial charge in [0.1, 0.15) is 0 Å². The standard InChI is InChI=1S/C9H9F3O2S/c1-6-3-7(2)5-8(4-6)15(13,14)9(10,11)12/h3-5H,1-2H3. The summed E-state index contributed by atoms with van der Waals surface area (Å²) < 4.78 is 58.7. The summed E-state index contributed by atoms with van der Waals surface area (Å²) >= 11 is 0. The van der Waals surface area contributed by atoms with E-state index in [1.54, 1.807) is 19.9 Å². The maximum absolute atomic E-state index is 12.2. The highest BCUT2D eigenvalue weighted by Crippen LogP contribution is 2.30. The predicted octanol–water partition coefficient (Wildman–Crippen LogP) is 2.60. The lowest BCUT2D eigenvalue weighted by Crippen LogP contribution is -2.23. The zero-order valence-electron chi connectivity index (χ0n) is 8.09. The lowest BCUT2D eigenvalue weighted by molar-refractivity contribution is -0.0436. The number of aryl methyl sites for hydroxylation is 2. The molecule has 0 radical (unpaired) electrons. The highest BCUT2D eigenvalue weighted by molar-refractivity contribution is 7.92. The molecule has 0 heterocycles. The Labute approximate surface area is 85.6 Å². The predicted molar refractivity (Wildman–Crippen MR) is 49.2 cm³/mol. The fraction of sp³-hybridized carbons (Fsp3) is 0.333. The van der Waals surface area contributed by atoms with Gasteiger partial charge in [-0.2, -0.15) is 13.2 Å². The molecule has 0 aliphatic heterocycles. The fourth-order valence-corrected chi connectivity index (χ4v) is 2.17.